The van der Waals surface area contributed by atoms with Crippen LogP contribution in [0, 0.1) is 13.8 Å². The van der Waals surface area contributed by atoms with Crippen molar-refractivity contribution >= 4 is 26.8 Å². The Bertz CT molecular complexity index is 755. The quantitative estimate of drug-likeness (QED) is 0.628. The van der Waals surface area contributed by atoms with Gasteiger partial charge in [0.05, 0.1) is 5.52 Å². The lowest BCUT2D eigenvalue weighted by Gasteiger charge is -2.11. The molecule has 0 saturated carbocycles. The van der Waals surface area contributed by atoms with Crippen LogP contribution in [0.25, 0.3) is 10.9 Å². The van der Waals surface area contributed by atoms with Gasteiger partial charge in [0.15, 0.2) is 0 Å². The lowest BCUT2D eigenvalue weighted by molar-refractivity contribution is 0.487. The van der Waals surface area contributed by atoms with E-state index in [0.717, 1.165) is 26.9 Å². The molecule has 0 saturated heterocycles. The first kappa shape index (κ1) is 13.1. The summed E-state index contributed by atoms with van der Waals surface area (Å²) < 4.78 is 7.18. The summed E-state index contributed by atoms with van der Waals surface area (Å²) in [5.74, 6) is 1.68. The average Bonchev–Trinajstić information content (AvgIpc) is 2.45. The molecule has 0 spiro atoms. The highest BCUT2D eigenvalue weighted by Gasteiger charge is 2.07. The molecule has 2 aromatic carbocycles. The fourth-order valence-electron chi connectivity index (χ4n) is 2.25. The third kappa shape index (κ3) is 2.41. The van der Waals surface area contributed by atoms with E-state index in [-0.39, 0.29) is 0 Å². The van der Waals surface area contributed by atoms with Crippen LogP contribution in [0.5, 0.6) is 11.5 Å². The topological polar surface area (TPSA) is 22.1 Å². The van der Waals surface area contributed by atoms with E-state index in [0.29, 0.717) is 0 Å². The van der Waals surface area contributed by atoms with Crippen LogP contribution in [0.3, 0.4) is 0 Å². The minimum Gasteiger partial charge on any atom is -0.457 e. The van der Waals surface area contributed by atoms with Crippen molar-refractivity contribution in [2.45, 2.75) is 13.8 Å². The summed E-state index contributed by atoms with van der Waals surface area (Å²) in [6, 6.07) is 14.0. The maximum absolute atomic E-state index is 6.05. The molecule has 1 heterocycles. The molecule has 0 radical (unpaired) electrons. The second-order valence-corrected chi connectivity index (χ2v) is 5.59. The van der Waals surface area contributed by atoms with Crippen molar-refractivity contribution in [3.63, 3.8) is 0 Å². The van der Waals surface area contributed by atoms with Gasteiger partial charge in [0, 0.05) is 16.1 Å². The minimum atomic E-state index is 0.830. The van der Waals surface area contributed by atoms with E-state index < -0.39 is 0 Å². The van der Waals surface area contributed by atoms with Crippen molar-refractivity contribution in [1.82, 2.24) is 4.98 Å². The molecule has 0 unspecified atom stereocenters. The highest BCUT2D eigenvalue weighted by atomic mass is 79.9. The molecule has 0 amide bonds. The molecule has 0 N–H and O–H groups in total. The van der Waals surface area contributed by atoms with Gasteiger partial charge in [0.25, 0.3) is 0 Å². The SMILES string of the molecule is Cc1cc(Oc2ccnc3ccccc23)cc(C)c1Br. The summed E-state index contributed by atoms with van der Waals surface area (Å²) in [5.41, 5.74) is 3.27. The highest BCUT2D eigenvalue weighted by molar-refractivity contribution is 9.10. The lowest BCUT2D eigenvalue weighted by atomic mass is 10.1. The number of hydrogen-bond donors (Lipinski definition) is 0. The van der Waals surface area contributed by atoms with Gasteiger partial charge in [-0.15, -0.1) is 0 Å². The molecule has 0 fully saturated rings. The number of hydrogen-bond acceptors (Lipinski definition) is 2. The van der Waals surface area contributed by atoms with Crippen LogP contribution in [0.4, 0.5) is 0 Å². The summed E-state index contributed by atoms with van der Waals surface area (Å²) in [7, 11) is 0. The van der Waals surface area contributed by atoms with Gasteiger partial charge < -0.3 is 4.74 Å². The van der Waals surface area contributed by atoms with Crippen molar-refractivity contribution in [3.05, 3.63) is 64.3 Å². The number of fused-ring (bicyclic) bond motifs is 1. The molecular formula is C17H14BrNO. The molecule has 0 bridgehead atoms. The van der Waals surface area contributed by atoms with E-state index in [1.54, 1.807) is 6.20 Å². The summed E-state index contributed by atoms with van der Waals surface area (Å²) in [5, 5.41) is 1.02. The van der Waals surface area contributed by atoms with Crippen LogP contribution >= 0.6 is 15.9 Å². The Balaban J connectivity index is 2.06. The zero-order valence-corrected chi connectivity index (χ0v) is 12.9. The van der Waals surface area contributed by atoms with Gasteiger partial charge >= 0.3 is 0 Å². The Hall–Kier alpha value is -1.87. The number of rotatable bonds is 2. The second kappa shape index (κ2) is 5.25. The van der Waals surface area contributed by atoms with E-state index in [9.17, 15) is 0 Å². The maximum Gasteiger partial charge on any atom is 0.138 e. The monoisotopic (exact) mass is 327 g/mol. The van der Waals surface area contributed by atoms with Crippen LogP contribution in [-0.4, -0.2) is 4.98 Å². The van der Waals surface area contributed by atoms with Gasteiger partial charge in [-0.25, -0.2) is 0 Å². The first-order chi connectivity index (χ1) is 9.65. The van der Waals surface area contributed by atoms with Gasteiger partial charge in [0.1, 0.15) is 11.5 Å². The summed E-state index contributed by atoms with van der Waals surface area (Å²) in [6.45, 7) is 4.13. The van der Waals surface area contributed by atoms with Crippen LogP contribution in [0.2, 0.25) is 0 Å². The van der Waals surface area contributed by atoms with Crippen LogP contribution in [0.15, 0.2) is 53.1 Å². The van der Waals surface area contributed by atoms with E-state index >= 15 is 0 Å². The van der Waals surface area contributed by atoms with Gasteiger partial charge in [0.2, 0.25) is 0 Å². The Morgan fingerprint density at radius 2 is 1.70 bits per heavy atom. The number of aryl methyl sites for hydroxylation is 2. The van der Waals surface area contributed by atoms with Gasteiger partial charge in [-0.3, -0.25) is 4.98 Å². The van der Waals surface area contributed by atoms with Crippen LogP contribution in [-0.2, 0) is 0 Å². The third-order valence-electron chi connectivity index (χ3n) is 3.25. The fourth-order valence-corrected chi connectivity index (χ4v) is 2.48. The molecular weight excluding hydrogens is 314 g/mol. The molecule has 0 aliphatic carbocycles. The Morgan fingerprint density at radius 1 is 1.00 bits per heavy atom. The molecule has 2 nitrogen and oxygen atoms in total. The molecule has 0 atom stereocenters. The Labute approximate surface area is 126 Å². The number of para-hydroxylation sites is 1. The van der Waals surface area contributed by atoms with Crippen LogP contribution < -0.4 is 4.74 Å². The number of pyridine rings is 1. The number of aromatic nitrogens is 1. The molecule has 0 aliphatic heterocycles. The first-order valence-corrected chi connectivity index (χ1v) is 7.23. The van der Waals surface area contributed by atoms with E-state index in [1.807, 2.05) is 42.5 Å². The molecule has 1 aromatic heterocycles. The van der Waals surface area contributed by atoms with Gasteiger partial charge in [-0.2, -0.15) is 0 Å². The van der Waals surface area contributed by atoms with Gasteiger partial charge in [-0.05, 0) is 55.3 Å². The predicted octanol–water partition coefficient (Wildman–Crippen LogP) is 5.41. The first-order valence-electron chi connectivity index (χ1n) is 6.43. The van der Waals surface area contributed by atoms with Crippen LogP contribution in [0.1, 0.15) is 11.1 Å². The van der Waals surface area contributed by atoms with Crippen molar-refractivity contribution < 1.29 is 4.74 Å². The van der Waals surface area contributed by atoms with Crippen molar-refractivity contribution in [3.8, 4) is 11.5 Å². The molecule has 3 aromatic rings. The van der Waals surface area contributed by atoms with Crippen molar-refractivity contribution in [2.24, 2.45) is 0 Å². The van der Waals surface area contributed by atoms with Crippen molar-refractivity contribution in [1.29, 1.82) is 0 Å². The summed E-state index contributed by atoms with van der Waals surface area (Å²) in [6.07, 6.45) is 1.77. The highest BCUT2D eigenvalue weighted by Crippen LogP contribution is 2.32. The molecule has 3 heteroatoms. The fraction of sp³-hybridized carbons (Fsp3) is 0.118. The zero-order chi connectivity index (χ0) is 14.1. The van der Waals surface area contributed by atoms with Gasteiger partial charge in [-0.1, -0.05) is 28.1 Å². The minimum absolute atomic E-state index is 0.830. The van der Waals surface area contributed by atoms with E-state index in [4.69, 9.17) is 4.74 Å². The summed E-state index contributed by atoms with van der Waals surface area (Å²) >= 11 is 3.57. The normalized spacial score (nSPS) is 10.8. The molecule has 100 valence electrons. The number of nitrogens with zero attached hydrogens (tertiary/aromatic N) is 1. The lowest BCUT2D eigenvalue weighted by Crippen LogP contribution is -1.90. The average molecular weight is 328 g/mol. The maximum atomic E-state index is 6.05. The zero-order valence-electron chi connectivity index (χ0n) is 11.4. The number of benzene rings is 2. The Morgan fingerprint density at radius 3 is 2.45 bits per heavy atom. The number of halogens is 1. The predicted molar refractivity (Wildman–Crippen MR) is 85.4 cm³/mol. The van der Waals surface area contributed by atoms with E-state index in [1.165, 1.54) is 11.1 Å². The largest absolute Gasteiger partial charge is 0.457 e. The van der Waals surface area contributed by atoms with Crippen molar-refractivity contribution in [2.75, 3.05) is 0 Å². The molecule has 0 aliphatic rings. The summed E-state index contributed by atoms with van der Waals surface area (Å²) in [4.78, 5) is 4.35. The molecule has 20 heavy (non-hydrogen) atoms. The Kier molecular flexibility index (Phi) is 3.45. The molecule has 3 rings (SSSR count). The second-order valence-electron chi connectivity index (χ2n) is 4.80. The number of ether oxygens (including phenoxy) is 1. The standard InChI is InChI=1S/C17H14BrNO/c1-11-9-13(10-12(2)17(11)18)20-16-7-8-19-15-6-4-3-5-14(15)16/h3-10H,1-2H3. The smallest absolute Gasteiger partial charge is 0.138 e. The van der Waals surface area contributed by atoms with E-state index in [2.05, 4.69) is 34.8 Å². The third-order valence-corrected chi connectivity index (χ3v) is 4.50.